The molecular formula is C17H24N6. The van der Waals surface area contributed by atoms with Gasteiger partial charge in [0.05, 0.1) is 22.8 Å². The Hall–Kier alpha value is -2.63. The third kappa shape index (κ3) is 3.59. The molecule has 0 radical (unpaired) electrons. The Labute approximate surface area is 137 Å². The molecule has 0 aromatic carbocycles. The van der Waals surface area contributed by atoms with E-state index in [4.69, 9.17) is 11.1 Å². The van der Waals surface area contributed by atoms with E-state index in [1.54, 1.807) is 13.1 Å². The number of nitrogens with two attached hydrogens (primary N) is 1. The topological polar surface area (TPSA) is 90.9 Å². The minimum atomic E-state index is 0.207. The number of hydrogen-bond donors (Lipinski definition) is 3. The van der Waals surface area contributed by atoms with E-state index in [9.17, 15) is 0 Å². The van der Waals surface area contributed by atoms with Gasteiger partial charge in [0, 0.05) is 31.9 Å². The summed E-state index contributed by atoms with van der Waals surface area (Å²) in [5, 5.41) is 11.3. The first kappa shape index (κ1) is 16.7. The fourth-order valence-corrected chi connectivity index (χ4v) is 2.37. The normalized spacial score (nSPS) is 10.7. The molecule has 2 rings (SSSR count). The Kier molecular flexibility index (Phi) is 4.83. The van der Waals surface area contributed by atoms with Gasteiger partial charge in [-0.15, -0.1) is 0 Å². The molecule has 0 saturated heterocycles. The minimum absolute atomic E-state index is 0.207. The highest BCUT2D eigenvalue weighted by Gasteiger charge is 2.17. The summed E-state index contributed by atoms with van der Waals surface area (Å²) in [6.07, 6.45) is 1.75. The van der Waals surface area contributed by atoms with Gasteiger partial charge in [-0.2, -0.15) is 0 Å². The zero-order valence-electron chi connectivity index (χ0n) is 14.3. The van der Waals surface area contributed by atoms with Crippen LogP contribution < -0.4 is 16.0 Å². The standard InChI is InChI=1S/C17H24N6/c1-10(2)21-16-13(19)9-14(22-15(16)11(3)18)12-7-6-8-20-17(12)23(4)5/h6-10,18,21H,1-5H3,(H2,19,22). The molecular weight excluding hydrogens is 288 g/mol. The summed E-state index contributed by atoms with van der Waals surface area (Å²) in [4.78, 5) is 11.0. The molecule has 0 aliphatic carbocycles. The summed E-state index contributed by atoms with van der Waals surface area (Å²) in [6.45, 7) is 5.77. The molecule has 0 amide bonds. The van der Waals surface area contributed by atoms with Crippen LogP contribution in [0.4, 0.5) is 17.2 Å². The lowest BCUT2D eigenvalue weighted by atomic mass is 10.1. The first-order valence-corrected chi connectivity index (χ1v) is 7.56. The van der Waals surface area contributed by atoms with Crippen LogP contribution in [0.1, 0.15) is 26.5 Å². The van der Waals surface area contributed by atoms with Crippen LogP contribution in [-0.4, -0.2) is 35.8 Å². The Morgan fingerprint density at radius 3 is 2.61 bits per heavy atom. The average molecular weight is 312 g/mol. The van der Waals surface area contributed by atoms with Crippen molar-refractivity contribution in [2.45, 2.75) is 26.8 Å². The second-order valence-electron chi connectivity index (χ2n) is 6.01. The molecule has 0 aliphatic heterocycles. The molecule has 6 nitrogen and oxygen atoms in total. The molecule has 0 saturated carbocycles. The monoisotopic (exact) mass is 312 g/mol. The number of nitrogen functional groups attached to an aromatic ring is 1. The summed E-state index contributed by atoms with van der Waals surface area (Å²) in [5.41, 5.74) is 10.1. The quantitative estimate of drug-likeness (QED) is 0.738. The Morgan fingerprint density at radius 2 is 2.04 bits per heavy atom. The van der Waals surface area contributed by atoms with Crippen molar-refractivity contribution < 1.29 is 0 Å². The van der Waals surface area contributed by atoms with Gasteiger partial charge < -0.3 is 21.4 Å². The maximum absolute atomic E-state index is 8.03. The van der Waals surface area contributed by atoms with Gasteiger partial charge in [0.1, 0.15) is 11.5 Å². The molecule has 0 spiro atoms. The summed E-state index contributed by atoms with van der Waals surface area (Å²) >= 11 is 0. The van der Waals surface area contributed by atoms with Crippen LogP contribution in [0.2, 0.25) is 0 Å². The number of rotatable bonds is 5. The van der Waals surface area contributed by atoms with E-state index in [1.165, 1.54) is 0 Å². The van der Waals surface area contributed by atoms with Crippen LogP contribution in [0.25, 0.3) is 11.3 Å². The van der Waals surface area contributed by atoms with Crippen LogP contribution in [0, 0.1) is 5.41 Å². The van der Waals surface area contributed by atoms with Crippen LogP contribution >= 0.6 is 0 Å². The Balaban J connectivity index is 2.65. The number of nitrogens with zero attached hydrogens (tertiary/aromatic N) is 3. The number of hydrogen-bond acceptors (Lipinski definition) is 6. The second-order valence-corrected chi connectivity index (χ2v) is 6.01. The van der Waals surface area contributed by atoms with Crippen molar-refractivity contribution in [2.75, 3.05) is 30.0 Å². The molecule has 2 heterocycles. The smallest absolute Gasteiger partial charge is 0.137 e. The van der Waals surface area contributed by atoms with Crippen LogP contribution in [0.3, 0.4) is 0 Å². The third-order valence-electron chi connectivity index (χ3n) is 3.32. The maximum Gasteiger partial charge on any atom is 0.137 e. The summed E-state index contributed by atoms with van der Waals surface area (Å²) in [6, 6.07) is 5.88. The first-order chi connectivity index (χ1) is 10.8. The fraction of sp³-hybridized carbons (Fsp3) is 0.353. The van der Waals surface area contributed by atoms with Gasteiger partial charge in [0.25, 0.3) is 0 Å². The van der Waals surface area contributed by atoms with Crippen molar-refractivity contribution in [1.29, 1.82) is 5.41 Å². The average Bonchev–Trinajstić information content (AvgIpc) is 2.48. The fourth-order valence-electron chi connectivity index (χ4n) is 2.37. The molecule has 0 aliphatic rings. The summed E-state index contributed by atoms with van der Waals surface area (Å²) in [7, 11) is 3.87. The van der Waals surface area contributed by atoms with E-state index in [2.05, 4.69) is 15.3 Å². The van der Waals surface area contributed by atoms with Gasteiger partial charge in [-0.3, -0.25) is 0 Å². The van der Waals surface area contributed by atoms with Crippen molar-refractivity contribution in [2.24, 2.45) is 0 Å². The maximum atomic E-state index is 8.03. The van der Waals surface area contributed by atoms with Crippen LogP contribution in [0.15, 0.2) is 24.4 Å². The highest BCUT2D eigenvalue weighted by molar-refractivity contribution is 6.03. The molecule has 0 atom stereocenters. The van der Waals surface area contributed by atoms with Gasteiger partial charge in [0.15, 0.2) is 0 Å². The van der Waals surface area contributed by atoms with Gasteiger partial charge >= 0.3 is 0 Å². The molecule has 4 N–H and O–H groups in total. The zero-order chi connectivity index (χ0) is 17.1. The highest BCUT2D eigenvalue weighted by Crippen LogP contribution is 2.32. The molecule has 122 valence electrons. The summed E-state index contributed by atoms with van der Waals surface area (Å²) < 4.78 is 0. The van der Waals surface area contributed by atoms with Crippen molar-refractivity contribution in [1.82, 2.24) is 9.97 Å². The van der Waals surface area contributed by atoms with Gasteiger partial charge in [-0.1, -0.05) is 0 Å². The largest absolute Gasteiger partial charge is 0.397 e. The molecule has 0 unspecified atom stereocenters. The van der Waals surface area contributed by atoms with Crippen LogP contribution in [0.5, 0.6) is 0 Å². The Bertz CT molecular complexity index is 721. The molecule has 2 aromatic rings. The Morgan fingerprint density at radius 1 is 1.35 bits per heavy atom. The molecule has 2 aromatic heterocycles. The lowest BCUT2D eigenvalue weighted by molar-refractivity contribution is 0.897. The van der Waals surface area contributed by atoms with Crippen molar-refractivity contribution in [3.8, 4) is 11.3 Å². The number of pyridine rings is 2. The zero-order valence-corrected chi connectivity index (χ0v) is 14.3. The highest BCUT2D eigenvalue weighted by atomic mass is 15.1. The number of aromatic nitrogens is 2. The summed E-state index contributed by atoms with van der Waals surface area (Å²) in [5.74, 6) is 0.817. The van der Waals surface area contributed by atoms with E-state index in [0.717, 1.165) is 17.1 Å². The lowest BCUT2D eigenvalue weighted by Gasteiger charge is -2.19. The van der Waals surface area contributed by atoms with Crippen molar-refractivity contribution in [3.63, 3.8) is 0 Å². The molecule has 0 bridgehead atoms. The first-order valence-electron chi connectivity index (χ1n) is 7.56. The van der Waals surface area contributed by atoms with Gasteiger partial charge in [-0.25, -0.2) is 9.97 Å². The number of anilines is 3. The van der Waals surface area contributed by atoms with E-state index in [0.29, 0.717) is 22.8 Å². The molecule has 6 heteroatoms. The minimum Gasteiger partial charge on any atom is -0.397 e. The van der Waals surface area contributed by atoms with Gasteiger partial charge in [-0.05, 0) is 39.0 Å². The van der Waals surface area contributed by atoms with E-state index in [-0.39, 0.29) is 6.04 Å². The molecule has 0 fully saturated rings. The molecule has 23 heavy (non-hydrogen) atoms. The lowest BCUT2D eigenvalue weighted by Crippen LogP contribution is -2.17. The predicted molar refractivity (Wildman–Crippen MR) is 97.5 cm³/mol. The van der Waals surface area contributed by atoms with Crippen molar-refractivity contribution >= 4 is 22.9 Å². The predicted octanol–water partition coefficient (Wildman–Crippen LogP) is 3.00. The second kappa shape index (κ2) is 6.64. The third-order valence-corrected chi connectivity index (χ3v) is 3.32. The van der Waals surface area contributed by atoms with Crippen LogP contribution in [-0.2, 0) is 0 Å². The SMILES string of the molecule is CC(=N)c1nc(-c2cccnc2N(C)C)cc(N)c1NC(C)C. The van der Waals surface area contributed by atoms with E-state index < -0.39 is 0 Å². The number of nitrogens with one attached hydrogen (secondary N) is 2. The van der Waals surface area contributed by atoms with E-state index in [1.807, 2.05) is 51.0 Å². The van der Waals surface area contributed by atoms with Crippen molar-refractivity contribution in [3.05, 3.63) is 30.1 Å². The van der Waals surface area contributed by atoms with Gasteiger partial charge in [0.2, 0.25) is 0 Å². The van der Waals surface area contributed by atoms with E-state index >= 15 is 0 Å².